The van der Waals surface area contributed by atoms with E-state index in [2.05, 4.69) is 38.1 Å². The maximum atomic E-state index is 11.9. The van der Waals surface area contributed by atoms with Gasteiger partial charge in [-0.3, -0.25) is 4.79 Å². The summed E-state index contributed by atoms with van der Waals surface area (Å²) in [6.07, 6.45) is 0.873. The molecule has 1 atom stereocenters. The van der Waals surface area contributed by atoms with E-state index < -0.39 is 0 Å². The average molecular weight is 330 g/mol. The monoisotopic (exact) mass is 329 g/mol. The molecule has 0 saturated heterocycles. The van der Waals surface area contributed by atoms with E-state index in [0.29, 0.717) is 0 Å². The van der Waals surface area contributed by atoms with Gasteiger partial charge < -0.3 is 5.32 Å². The molecule has 0 spiro atoms. The molecule has 2 rings (SSSR count). The normalized spacial score (nSPS) is 12.4. The first kappa shape index (κ1) is 12.8. The Morgan fingerprint density at radius 1 is 1.47 bits per heavy atom. The van der Waals surface area contributed by atoms with E-state index in [1.54, 1.807) is 11.3 Å². The summed E-state index contributed by atoms with van der Waals surface area (Å²) < 4.78 is 0.864. The van der Waals surface area contributed by atoms with Gasteiger partial charge in [0.1, 0.15) is 4.88 Å². The van der Waals surface area contributed by atoms with Gasteiger partial charge in [0, 0.05) is 10.5 Å². The molecule has 0 bridgehead atoms. The number of thiophene rings is 2. The first-order chi connectivity index (χ1) is 8.16. The molecular weight excluding hydrogens is 318 g/mol. The number of hydrogen-bond donors (Lipinski definition) is 1. The number of hydrogen-bond acceptors (Lipinski definition) is 3. The molecule has 0 aliphatic carbocycles. The van der Waals surface area contributed by atoms with Crippen LogP contribution in [0.15, 0.2) is 32.7 Å². The zero-order chi connectivity index (χ0) is 12.3. The third-order valence-electron chi connectivity index (χ3n) is 2.32. The van der Waals surface area contributed by atoms with Gasteiger partial charge in [-0.1, -0.05) is 0 Å². The highest BCUT2D eigenvalue weighted by atomic mass is 79.9. The predicted octanol–water partition coefficient (Wildman–Crippen LogP) is 3.93. The highest BCUT2D eigenvalue weighted by Gasteiger charge is 2.14. The van der Waals surface area contributed by atoms with E-state index in [-0.39, 0.29) is 11.9 Å². The number of rotatable bonds is 4. The summed E-state index contributed by atoms with van der Waals surface area (Å²) in [6, 6.07) is 4.13. The van der Waals surface area contributed by atoms with Crippen molar-refractivity contribution >= 4 is 44.5 Å². The average Bonchev–Trinajstić information content (AvgIpc) is 2.88. The second-order valence-electron chi connectivity index (χ2n) is 3.81. The van der Waals surface area contributed by atoms with Crippen LogP contribution in [0.3, 0.4) is 0 Å². The Morgan fingerprint density at radius 2 is 2.29 bits per heavy atom. The largest absolute Gasteiger partial charge is 0.349 e. The minimum atomic E-state index is -0.00500. The molecule has 0 aliphatic rings. The van der Waals surface area contributed by atoms with Crippen molar-refractivity contribution in [3.05, 3.63) is 43.2 Å². The molecule has 90 valence electrons. The molecule has 5 heteroatoms. The second kappa shape index (κ2) is 5.80. The highest BCUT2D eigenvalue weighted by molar-refractivity contribution is 9.10. The summed E-state index contributed by atoms with van der Waals surface area (Å²) in [6.45, 7) is 2.02. The van der Waals surface area contributed by atoms with Crippen molar-refractivity contribution in [2.75, 3.05) is 0 Å². The highest BCUT2D eigenvalue weighted by Crippen LogP contribution is 2.22. The lowest BCUT2D eigenvalue weighted by Crippen LogP contribution is -2.33. The lowest BCUT2D eigenvalue weighted by Gasteiger charge is -2.12. The van der Waals surface area contributed by atoms with Gasteiger partial charge in [0.05, 0.1) is 0 Å². The van der Waals surface area contributed by atoms with E-state index in [1.807, 2.05) is 18.4 Å². The fraction of sp³-hybridized carbons (Fsp3) is 0.250. The molecule has 1 N–H and O–H groups in total. The van der Waals surface area contributed by atoms with Gasteiger partial charge in [-0.15, -0.1) is 11.3 Å². The van der Waals surface area contributed by atoms with E-state index in [4.69, 9.17) is 0 Å². The standard InChI is InChI=1S/C12H12BrNOS2/c1-8(6-9-2-4-16-7-9)14-12(15)11-10(13)3-5-17-11/h2-5,7-8H,6H2,1H3,(H,14,15). The van der Waals surface area contributed by atoms with Crippen molar-refractivity contribution in [3.63, 3.8) is 0 Å². The van der Waals surface area contributed by atoms with Crippen LogP contribution in [0.25, 0.3) is 0 Å². The topological polar surface area (TPSA) is 29.1 Å². The van der Waals surface area contributed by atoms with Crippen LogP contribution in [0.1, 0.15) is 22.2 Å². The Hall–Kier alpha value is -0.650. The summed E-state index contributed by atoms with van der Waals surface area (Å²) >= 11 is 6.50. The van der Waals surface area contributed by atoms with Gasteiger partial charge in [0.2, 0.25) is 0 Å². The second-order valence-corrected chi connectivity index (χ2v) is 6.36. The molecule has 2 aromatic heterocycles. The van der Waals surface area contributed by atoms with Crippen LogP contribution in [-0.2, 0) is 6.42 Å². The Balaban J connectivity index is 1.93. The fourth-order valence-corrected chi connectivity index (χ4v) is 3.69. The van der Waals surface area contributed by atoms with Gasteiger partial charge in [-0.05, 0) is 63.1 Å². The molecule has 0 aromatic carbocycles. The number of amides is 1. The van der Waals surface area contributed by atoms with Gasteiger partial charge in [-0.2, -0.15) is 11.3 Å². The Labute approximate surface area is 117 Å². The number of carbonyl (C=O) groups excluding carboxylic acids is 1. The SMILES string of the molecule is CC(Cc1ccsc1)NC(=O)c1sccc1Br. The van der Waals surface area contributed by atoms with Gasteiger partial charge in [0.15, 0.2) is 0 Å². The lowest BCUT2D eigenvalue weighted by atomic mass is 10.1. The van der Waals surface area contributed by atoms with Gasteiger partial charge in [-0.25, -0.2) is 0 Å². The lowest BCUT2D eigenvalue weighted by molar-refractivity contribution is 0.0943. The molecule has 2 aromatic rings. The van der Waals surface area contributed by atoms with Crippen LogP contribution in [0.2, 0.25) is 0 Å². The third-order valence-corrected chi connectivity index (χ3v) is 4.89. The Bertz CT molecular complexity index is 492. The third kappa shape index (κ3) is 3.40. The Morgan fingerprint density at radius 3 is 2.88 bits per heavy atom. The van der Waals surface area contributed by atoms with Crippen LogP contribution in [0.5, 0.6) is 0 Å². The fourth-order valence-electron chi connectivity index (χ4n) is 1.56. The molecular formula is C12H12BrNOS2. The first-order valence-corrected chi connectivity index (χ1v) is 7.83. The molecule has 0 radical (unpaired) electrons. The zero-order valence-electron chi connectivity index (χ0n) is 9.27. The van der Waals surface area contributed by atoms with E-state index >= 15 is 0 Å². The van der Waals surface area contributed by atoms with E-state index in [1.165, 1.54) is 16.9 Å². The predicted molar refractivity (Wildman–Crippen MR) is 77.0 cm³/mol. The van der Waals surface area contributed by atoms with Crippen LogP contribution >= 0.6 is 38.6 Å². The van der Waals surface area contributed by atoms with Gasteiger partial charge in [0.25, 0.3) is 5.91 Å². The maximum absolute atomic E-state index is 11.9. The van der Waals surface area contributed by atoms with Crippen LogP contribution < -0.4 is 5.32 Å². The molecule has 1 amide bonds. The zero-order valence-corrected chi connectivity index (χ0v) is 12.5. The van der Waals surface area contributed by atoms with Crippen molar-refractivity contribution in [2.45, 2.75) is 19.4 Å². The van der Waals surface area contributed by atoms with E-state index in [9.17, 15) is 4.79 Å². The van der Waals surface area contributed by atoms with Crippen molar-refractivity contribution in [2.24, 2.45) is 0 Å². The van der Waals surface area contributed by atoms with Crippen molar-refractivity contribution in [1.29, 1.82) is 0 Å². The number of nitrogens with one attached hydrogen (secondary N) is 1. The molecule has 0 aliphatic heterocycles. The van der Waals surface area contributed by atoms with Crippen molar-refractivity contribution < 1.29 is 4.79 Å². The molecule has 1 unspecified atom stereocenters. The van der Waals surface area contributed by atoms with Crippen molar-refractivity contribution in [3.8, 4) is 0 Å². The molecule has 2 nitrogen and oxygen atoms in total. The van der Waals surface area contributed by atoms with Gasteiger partial charge >= 0.3 is 0 Å². The van der Waals surface area contributed by atoms with Crippen LogP contribution in [0, 0.1) is 0 Å². The summed E-state index contributed by atoms with van der Waals surface area (Å²) in [5.41, 5.74) is 1.27. The minimum Gasteiger partial charge on any atom is -0.349 e. The maximum Gasteiger partial charge on any atom is 0.262 e. The molecule has 17 heavy (non-hydrogen) atoms. The summed E-state index contributed by atoms with van der Waals surface area (Å²) in [5.74, 6) is -0.00500. The number of carbonyl (C=O) groups is 1. The first-order valence-electron chi connectivity index (χ1n) is 5.21. The summed E-state index contributed by atoms with van der Waals surface area (Å²) in [5, 5.41) is 9.08. The van der Waals surface area contributed by atoms with Crippen LogP contribution in [0.4, 0.5) is 0 Å². The number of halogens is 1. The smallest absolute Gasteiger partial charge is 0.262 e. The molecule has 2 heterocycles. The summed E-state index contributed by atoms with van der Waals surface area (Å²) in [7, 11) is 0. The Kier molecular flexibility index (Phi) is 4.36. The quantitative estimate of drug-likeness (QED) is 0.904. The van der Waals surface area contributed by atoms with Crippen LogP contribution in [-0.4, -0.2) is 11.9 Å². The molecule has 0 fully saturated rings. The summed E-state index contributed by atoms with van der Waals surface area (Å²) in [4.78, 5) is 12.7. The van der Waals surface area contributed by atoms with Crippen molar-refractivity contribution in [1.82, 2.24) is 5.32 Å². The van der Waals surface area contributed by atoms with E-state index in [0.717, 1.165) is 15.8 Å². The minimum absolute atomic E-state index is 0.00500. The molecule has 0 saturated carbocycles.